The number of aryl methyl sites for hydroxylation is 1. The number of imidazole rings is 1. The van der Waals surface area contributed by atoms with Crippen molar-refractivity contribution in [1.29, 1.82) is 0 Å². The summed E-state index contributed by atoms with van der Waals surface area (Å²) < 4.78 is 23.8. The number of rotatable bonds is 14. The molecule has 0 unspecified atom stereocenters. The Kier molecular flexibility index (Phi) is 10.7. The van der Waals surface area contributed by atoms with Gasteiger partial charge in [0.2, 0.25) is 0 Å². The van der Waals surface area contributed by atoms with Crippen molar-refractivity contribution in [3.05, 3.63) is 70.8 Å². The summed E-state index contributed by atoms with van der Waals surface area (Å²) in [4.78, 5) is 35.2. The van der Waals surface area contributed by atoms with Crippen molar-refractivity contribution in [2.45, 2.75) is 63.6 Å². The Labute approximate surface area is 279 Å². The molecule has 4 aromatic rings. The van der Waals surface area contributed by atoms with Gasteiger partial charge in [0.15, 0.2) is 22.8 Å². The molecule has 4 heterocycles. The predicted octanol–water partition coefficient (Wildman–Crippen LogP) is 3.41. The number of ether oxygens (including phenoxy) is 4. The SMILES string of the molecule is CCCCc1nc(Cl)c(C(=O)OCCC(=O)O[C@H]2CO[C@H]3[C@@H]2OC[C@H]3ON(O)O)n1Cc1ccc(-c2ccccc2-c2nnn[nH]2)cc1. The zero-order chi connectivity index (χ0) is 33.6. The molecule has 0 bridgehead atoms. The lowest BCUT2D eigenvalue weighted by Gasteiger charge is -2.17. The summed E-state index contributed by atoms with van der Waals surface area (Å²) in [6.07, 6.45) is -0.613. The number of H-pyrrole nitrogens is 1. The summed E-state index contributed by atoms with van der Waals surface area (Å²) in [5.41, 5.74) is 3.78. The smallest absolute Gasteiger partial charge is 0.358 e. The van der Waals surface area contributed by atoms with E-state index in [0.29, 0.717) is 24.6 Å². The molecule has 2 aliphatic rings. The van der Waals surface area contributed by atoms with Gasteiger partial charge in [-0.05, 0) is 33.5 Å². The zero-order valence-corrected chi connectivity index (χ0v) is 26.7. The third-order valence-corrected chi connectivity index (χ3v) is 8.36. The van der Waals surface area contributed by atoms with Crippen LogP contribution in [0.1, 0.15) is 48.1 Å². The summed E-state index contributed by atoms with van der Waals surface area (Å²) in [6, 6.07) is 15.7. The van der Waals surface area contributed by atoms with Crippen LogP contribution in [0.2, 0.25) is 5.15 Å². The van der Waals surface area contributed by atoms with Gasteiger partial charge in [-0.3, -0.25) is 15.2 Å². The van der Waals surface area contributed by atoms with Crippen LogP contribution in [0, 0.1) is 0 Å². The van der Waals surface area contributed by atoms with Crippen LogP contribution in [0.3, 0.4) is 0 Å². The van der Waals surface area contributed by atoms with E-state index >= 15 is 0 Å². The van der Waals surface area contributed by atoms with Crippen LogP contribution in [0.15, 0.2) is 48.5 Å². The molecule has 6 rings (SSSR count). The molecule has 0 aliphatic carbocycles. The predicted molar refractivity (Wildman–Crippen MR) is 165 cm³/mol. The topological polar surface area (TPSA) is 196 Å². The highest BCUT2D eigenvalue weighted by Gasteiger charge is 2.51. The van der Waals surface area contributed by atoms with Crippen LogP contribution in [0.25, 0.3) is 22.5 Å². The van der Waals surface area contributed by atoms with Gasteiger partial charge in [-0.2, -0.15) is 0 Å². The number of halogens is 1. The number of carbonyl (C=O) groups is 2. The first kappa shape index (κ1) is 33.6. The Morgan fingerprint density at radius 2 is 1.79 bits per heavy atom. The number of aromatic amines is 1. The fourth-order valence-corrected chi connectivity index (χ4v) is 6.09. The van der Waals surface area contributed by atoms with Gasteiger partial charge >= 0.3 is 11.9 Å². The van der Waals surface area contributed by atoms with Crippen LogP contribution in [0.5, 0.6) is 0 Å². The van der Waals surface area contributed by atoms with Crippen molar-refractivity contribution in [3.63, 3.8) is 0 Å². The van der Waals surface area contributed by atoms with Crippen LogP contribution in [-0.4, -0.2) is 102 Å². The Morgan fingerprint density at radius 3 is 2.50 bits per heavy atom. The molecule has 0 amide bonds. The molecule has 2 aliphatic heterocycles. The van der Waals surface area contributed by atoms with Gasteiger partial charge in [-0.25, -0.2) is 19.7 Å². The maximum Gasteiger partial charge on any atom is 0.358 e. The summed E-state index contributed by atoms with van der Waals surface area (Å²) >= 11 is 6.50. The van der Waals surface area contributed by atoms with E-state index in [1.54, 1.807) is 4.57 Å². The molecule has 0 radical (unpaired) electrons. The highest BCUT2D eigenvalue weighted by atomic mass is 35.5. The van der Waals surface area contributed by atoms with Gasteiger partial charge < -0.3 is 23.5 Å². The number of esters is 2. The molecule has 48 heavy (non-hydrogen) atoms. The minimum absolute atomic E-state index is 0.0209. The fraction of sp³-hybridized carbons (Fsp3) is 0.419. The van der Waals surface area contributed by atoms with Crippen molar-refractivity contribution in [3.8, 4) is 22.5 Å². The maximum atomic E-state index is 13.3. The van der Waals surface area contributed by atoms with Gasteiger partial charge in [-0.1, -0.05) is 73.5 Å². The number of hydrogen-bond donors (Lipinski definition) is 3. The Bertz CT molecular complexity index is 1700. The molecule has 254 valence electrons. The number of nitrogens with one attached hydrogen (secondary N) is 1. The molecule has 2 aromatic carbocycles. The number of hydrogen-bond acceptors (Lipinski definition) is 14. The average Bonchev–Trinajstić information content (AvgIpc) is 3.88. The van der Waals surface area contributed by atoms with Crippen molar-refractivity contribution in [1.82, 2.24) is 35.6 Å². The van der Waals surface area contributed by atoms with Crippen molar-refractivity contribution in [2.24, 2.45) is 0 Å². The number of benzene rings is 2. The van der Waals surface area contributed by atoms with Gasteiger partial charge in [0.1, 0.15) is 30.7 Å². The van der Waals surface area contributed by atoms with Gasteiger partial charge in [0, 0.05) is 18.5 Å². The van der Waals surface area contributed by atoms with Crippen molar-refractivity contribution < 1.29 is 43.8 Å². The molecule has 17 heteroatoms. The molecular weight excluding hydrogens is 650 g/mol. The first-order chi connectivity index (χ1) is 23.3. The first-order valence-corrected chi connectivity index (χ1v) is 15.8. The molecule has 2 saturated heterocycles. The third kappa shape index (κ3) is 7.55. The third-order valence-electron chi connectivity index (χ3n) is 8.10. The van der Waals surface area contributed by atoms with E-state index in [-0.39, 0.29) is 37.1 Å². The monoisotopic (exact) mass is 683 g/mol. The minimum atomic E-state index is -0.774. The van der Waals surface area contributed by atoms with Gasteiger partial charge in [0.25, 0.3) is 0 Å². The summed E-state index contributed by atoms with van der Waals surface area (Å²) in [7, 11) is 0. The molecular formula is C31H34ClN7O9. The van der Waals surface area contributed by atoms with E-state index in [4.69, 9.17) is 45.8 Å². The Hall–Kier alpha value is -4.29. The molecule has 2 fully saturated rings. The van der Waals surface area contributed by atoms with E-state index in [0.717, 1.165) is 35.1 Å². The van der Waals surface area contributed by atoms with Crippen LogP contribution in [-0.2, 0) is 41.5 Å². The minimum Gasteiger partial charge on any atom is -0.460 e. The molecule has 3 N–H and O–H groups in total. The molecule has 0 spiro atoms. The lowest BCUT2D eigenvalue weighted by molar-refractivity contribution is -0.507. The summed E-state index contributed by atoms with van der Waals surface area (Å²) in [5.74, 6) is -0.123. The fourth-order valence-electron chi connectivity index (χ4n) is 5.81. The van der Waals surface area contributed by atoms with E-state index in [1.165, 1.54) is 0 Å². The number of fused-ring (bicyclic) bond motifs is 1. The highest BCUT2D eigenvalue weighted by molar-refractivity contribution is 6.32. The molecule has 16 nitrogen and oxygen atoms in total. The van der Waals surface area contributed by atoms with Crippen molar-refractivity contribution in [2.75, 3.05) is 19.8 Å². The molecule has 2 aromatic heterocycles. The second kappa shape index (κ2) is 15.3. The second-order valence-electron chi connectivity index (χ2n) is 11.3. The zero-order valence-electron chi connectivity index (χ0n) is 25.9. The number of tetrazole rings is 1. The van der Waals surface area contributed by atoms with Crippen LogP contribution in [0.4, 0.5) is 0 Å². The number of aromatic nitrogens is 6. The number of carbonyl (C=O) groups excluding carboxylic acids is 2. The number of nitrogens with zero attached hydrogens (tertiary/aromatic N) is 6. The standard InChI is InChI=1S/C31H34ClN7O9/c1-2-3-8-24-33-29(32)26(31(41)44-14-13-25(40)47-22-16-45-28-23(48-39(42)43)17-46-27(22)28)38(24)15-18-9-11-19(12-10-18)20-6-4-5-7-21(20)30-34-36-37-35-30/h4-7,9-12,22-23,27-28,42-43H,2-3,8,13-17H2,1H3,(H,34,35,36,37)/t22-,23+,27+,28+/m0/s1. The Morgan fingerprint density at radius 1 is 1.06 bits per heavy atom. The quantitative estimate of drug-likeness (QED) is 0.129. The van der Waals surface area contributed by atoms with E-state index in [1.807, 2.05) is 48.5 Å². The van der Waals surface area contributed by atoms with E-state index in [9.17, 15) is 9.59 Å². The van der Waals surface area contributed by atoms with Crippen molar-refractivity contribution >= 4 is 23.5 Å². The first-order valence-electron chi connectivity index (χ1n) is 15.4. The normalized spacial score (nSPS) is 20.3. The molecule has 0 saturated carbocycles. The number of unbranched alkanes of at least 4 members (excludes halogenated alkanes) is 1. The highest BCUT2D eigenvalue weighted by Crippen LogP contribution is 2.32. The van der Waals surface area contributed by atoms with Gasteiger partial charge in [-0.15, -0.1) is 5.10 Å². The van der Waals surface area contributed by atoms with Crippen LogP contribution >= 0.6 is 11.6 Å². The maximum absolute atomic E-state index is 13.3. The largest absolute Gasteiger partial charge is 0.460 e. The Balaban J connectivity index is 1.09. The van der Waals surface area contributed by atoms with E-state index < -0.39 is 41.7 Å². The average molecular weight is 684 g/mol. The molecule has 4 atom stereocenters. The van der Waals surface area contributed by atoms with E-state index in [2.05, 4.69) is 32.5 Å². The second-order valence-corrected chi connectivity index (χ2v) is 11.6. The lowest BCUT2D eigenvalue weighted by atomic mass is 9.98. The summed E-state index contributed by atoms with van der Waals surface area (Å²) in [6.45, 7) is 2.19. The van der Waals surface area contributed by atoms with Crippen LogP contribution < -0.4 is 0 Å². The van der Waals surface area contributed by atoms with Gasteiger partial charge in [0.05, 0.1) is 25.0 Å². The lowest BCUT2D eigenvalue weighted by Crippen LogP contribution is -2.37. The summed E-state index contributed by atoms with van der Waals surface area (Å²) in [5, 5.41) is 31.7.